The summed E-state index contributed by atoms with van der Waals surface area (Å²) < 4.78 is 5.02. The number of rotatable bonds is 2. The first-order valence-electron chi connectivity index (χ1n) is 2.91. The molecule has 2 atom stereocenters. The van der Waals surface area contributed by atoms with Gasteiger partial charge in [-0.05, 0) is 0 Å². The van der Waals surface area contributed by atoms with Crippen molar-refractivity contribution in [3.05, 3.63) is 0 Å². The zero-order valence-electron chi connectivity index (χ0n) is 5.21. The number of hydrogen-bond acceptors (Lipinski definition) is 2. The Morgan fingerprint density at radius 1 is 1.90 bits per heavy atom. The minimum atomic E-state index is -0.987. The minimum absolute atomic E-state index is 0.0103. The van der Waals surface area contributed by atoms with Crippen LogP contribution in [0.25, 0.3) is 0 Å². The van der Waals surface area contributed by atoms with E-state index in [0.717, 1.165) is 0 Å². The van der Waals surface area contributed by atoms with Crippen LogP contribution >= 0.6 is 15.9 Å². The van der Waals surface area contributed by atoms with E-state index in [-0.39, 0.29) is 12.1 Å². The van der Waals surface area contributed by atoms with Crippen LogP contribution in [0.2, 0.25) is 0 Å². The third kappa shape index (κ3) is 1.60. The molecule has 1 unspecified atom stereocenters. The van der Waals surface area contributed by atoms with Crippen LogP contribution in [0.4, 0.5) is 4.79 Å². The predicted octanol–water partition coefficient (Wildman–Crippen LogP) is 0.416. The van der Waals surface area contributed by atoms with Gasteiger partial charge in [0.1, 0.15) is 0 Å². The highest BCUT2D eigenvalue weighted by Gasteiger charge is 2.32. The zero-order valence-corrected chi connectivity index (χ0v) is 6.80. The highest BCUT2D eigenvalue weighted by atomic mass is 79.9. The molecule has 1 rings (SSSR count). The Kier molecular flexibility index (Phi) is 2.50. The van der Waals surface area contributed by atoms with Crippen molar-refractivity contribution in [1.29, 1.82) is 0 Å². The summed E-state index contributed by atoms with van der Waals surface area (Å²) in [5.74, 6) is 0. The smallest absolute Gasteiger partial charge is 0.405 e. The van der Waals surface area contributed by atoms with Gasteiger partial charge >= 0.3 is 6.09 Å². The van der Waals surface area contributed by atoms with E-state index in [1.807, 2.05) is 0 Å². The monoisotopic (exact) mass is 209 g/mol. The molecule has 5 heteroatoms. The summed E-state index contributed by atoms with van der Waals surface area (Å²) in [6.45, 7) is 0.489. The molecule has 0 bridgehead atoms. The van der Waals surface area contributed by atoms with Crippen LogP contribution in [0.1, 0.15) is 0 Å². The molecule has 0 aromatic heterocycles. The molecule has 2 N–H and O–H groups in total. The molecule has 0 radical (unpaired) electrons. The molecule has 0 aromatic rings. The van der Waals surface area contributed by atoms with Crippen molar-refractivity contribution in [3.8, 4) is 0 Å². The van der Waals surface area contributed by atoms with E-state index in [9.17, 15) is 4.79 Å². The number of halogens is 1. The van der Waals surface area contributed by atoms with Crippen molar-refractivity contribution in [3.63, 3.8) is 0 Å². The van der Waals surface area contributed by atoms with Crippen LogP contribution in [0.5, 0.6) is 0 Å². The number of alkyl halides is 1. The van der Waals surface area contributed by atoms with Gasteiger partial charge < -0.3 is 15.2 Å². The average molecular weight is 210 g/mol. The van der Waals surface area contributed by atoms with Crippen LogP contribution < -0.4 is 5.32 Å². The molecular formula is C5H8BrNO3. The van der Waals surface area contributed by atoms with Gasteiger partial charge in [0.15, 0.2) is 0 Å². The van der Waals surface area contributed by atoms with E-state index in [0.29, 0.717) is 11.9 Å². The second-order valence-electron chi connectivity index (χ2n) is 2.08. The Hall–Kier alpha value is -0.290. The fourth-order valence-electron chi connectivity index (χ4n) is 0.774. The van der Waals surface area contributed by atoms with Crippen LogP contribution in [-0.4, -0.2) is 35.3 Å². The molecule has 10 heavy (non-hydrogen) atoms. The zero-order chi connectivity index (χ0) is 7.56. The SMILES string of the molecule is O=C(O)N[C@@H]1COC1CBr. The van der Waals surface area contributed by atoms with Crippen molar-refractivity contribution in [2.75, 3.05) is 11.9 Å². The van der Waals surface area contributed by atoms with Crippen molar-refractivity contribution < 1.29 is 14.6 Å². The molecular weight excluding hydrogens is 202 g/mol. The standard InChI is InChI=1S/C5H8BrNO3/c6-1-4-3(2-10-4)7-5(8)9/h3-4,7H,1-2H2,(H,8,9)/t3-,4?/m1/s1. The molecule has 1 heterocycles. The van der Waals surface area contributed by atoms with Crippen molar-refractivity contribution in [1.82, 2.24) is 5.32 Å². The van der Waals surface area contributed by atoms with Gasteiger partial charge in [0.05, 0.1) is 18.8 Å². The van der Waals surface area contributed by atoms with E-state index in [2.05, 4.69) is 21.2 Å². The highest BCUT2D eigenvalue weighted by molar-refractivity contribution is 9.09. The van der Waals surface area contributed by atoms with Gasteiger partial charge in [0.25, 0.3) is 0 Å². The summed E-state index contributed by atoms with van der Waals surface area (Å²) in [5, 5.41) is 11.3. The fourth-order valence-corrected chi connectivity index (χ4v) is 1.41. The van der Waals surface area contributed by atoms with Gasteiger partial charge in [-0.25, -0.2) is 4.79 Å². The lowest BCUT2D eigenvalue weighted by atomic mass is 10.1. The maximum absolute atomic E-state index is 10.1. The lowest BCUT2D eigenvalue weighted by molar-refractivity contribution is -0.0685. The highest BCUT2D eigenvalue weighted by Crippen LogP contribution is 2.14. The van der Waals surface area contributed by atoms with Gasteiger partial charge in [-0.2, -0.15) is 0 Å². The van der Waals surface area contributed by atoms with Gasteiger partial charge in [-0.1, -0.05) is 15.9 Å². The summed E-state index contributed by atoms with van der Waals surface area (Å²) in [5.41, 5.74) is 0. The normalized spacial score (nSPS) is 30.9. The summed E-state index contributed by atoms with van der Waals surface area (Å²) in [6.07, 6.45) is -0.977. The maximum atomic E-state index is 10.1. The number of ether oxygens (including phenoxy) is 1. The first-order chi connectivity index (χ1) is 4.74. The fraction of sp³-hybridized carbons (Fsp3) is 0.800. The number of nitrogens with one attached hydrogen (secondary N) is 1. The number of amides is 1. The lowest BCUT2D eigenvalue weighted by Crippen LogP contribution is -2.56. The molecule has 0 saturated carbocycles. The van der Waals surface area contributed by atoms with Gasteiger partial charge in [0.2, 0.25) is 0 Å². The Labute approximate surface area is 66.7 Å². The third-order valence-corrected chi connectivity index (χ3v) is 2.04. The lowest BCUT2D eigenvalue weighted by Gasteiger charge is -2.35. The van der Waals surface area contributed by atoms with Crippen LogP contribution in [-0.2, 0) is 4.74 Å². The van der Waals surface area contributed by atoms with Gasteiger partial charge in [-0.15, -0.1) is 0 Å². The average Bonchev–Trinajstić information content (AvgIpc) is 1.82. The molecule has 1 saturated heterocycles. The molecule has 1 fully saturated rings. The Balaban J connectivity index is 2.23. The van der Waals surface area contributed by atoms with Crippen molar-refractivity contribution in [2.45, 2.75) is 12.1 Å². The molecule has 1 amide bonds. The minimum Gasteiger partial charge on any atom is -0.465 e. The van der Waals surface area contributed by atoms with E-state index >= 15 is 0 Å². The molecule has 0 aromatic carbocycles. The second kappa shape index (κ2) is 3.21. The van der Waals surface area contributed by atoms with Gasteiger partial charge in [-0.3, -0.25) is 0 Å². The summed E-state index contributed by atoms with van der Waals surface area (Å²) in [6, 6.07) is -0.0307. The summed E-state index contributed by atoms with van der Waals surface area (Å²) in [7, 11) is 0. The van der Waals surface area contributed by atoms with E-state index in [1.54, 1.807) is 0 Å². The first kappa shape index (κ1) is 7.81. The summed E-state index contributed by atoms with van der Waals surface area (Å²) >= 11 is 3.20. The third-order valence-electron chi connectivity index (χ3n) is 1.40. The van der Waals surface area contributed by atoms with Crippen molar-refractivity contribution >= 4 is 22.0 Å². The van der Waals surface area contributed by atoms with Crippen LogP contribution in [0.3, 0.4) is 0 Å². The first-order valence-corrected chi connectivity index (χ1v) is 4.03. The molecule has 0 aliphatic carbocycles. The van der Waals surface area contributed by atoms with E-state index < -0.39 is 6.09 Å². The molecule has 1 aliphatic heterocycles. The number of carbonyl (C=O) groups is 1. The maximum Gasteiger partial charge on any atom is 0.405 e. The van der Waals surface area contributed by atoms with Crippen LogP contribution in [0.15, 0.2) is 0 Å². The topological polar surface area (TPSA) is 58.6 Å². The van der Waals surface area contributed by atoms with Crippen molar-refractivity contribution in [2.24, 2.45) is 0 Å². The van der Waals surface area contributed by atoms with Crippen LogP contribution in [0, 0.1) is 0 Å². The summed E-state index contributed by atoms with van der Waals surface area (Å²) in [4.78, 5) is 10.1. The Morgan fingerprint density at radius 3 is 2.90 bits per heavy atom. The van der Waals surface area contributed by atoms with E-state index in [1.165, 1.54) is 0 Å². The largest absolute Gasteiger partial charge is 0.465 e. The molecule has 4 nitrogen and oxygen atoms in total. The quantitative estimate of drug-likeness (QED) is 0.649. The van der Waals surface area contributed by atoms with Gasteiger partial charge in [0, 0.05) is 5.33 Å². The number of hydrogen-bond donors (Lipinski definition) is 2. The Morgan fingerprint density at radius 2 is 2.60 bits per heavy atom. The Bertz CT molecular complexity index is 139. The predicted molar refractivity (Wildman–Crippen MR) is 38.5 cm³/mol. The number of carboxylic acid groups (broad SMARTS) is 1. The second-order valence-corrected chi connectivity index (χ2v) is 2.73. The molecule has 0 spiro atoms. The van der Waals surface area contributed by atoms with E-state index in [4.69, 9.17) is 9.84 Å². The molecule has 1 aliphatic rings. The molecule has 58 valence electrons.